The van der Waals surface area contributed by atoms with Gasteiger partial charge in [-0.2, -0.15) is 18.4 Å². The summed E-state index contributed by atoms with van der Waals surface area (Å²) in [5, 5.41) is 9.66. The van der Waals surface area contributed by atoms with Crippen LogP contribution in [0.3, 0.4) is 0 Å². The van der Waals surface area contributed by atoms with Gasteiger partial charge in [-0.1, -0.05) is 12.1 Å². The van der Waals surface area contributed by atoms with Crippen molar-refractivity contribution < 1.29 is 17.6 Å². The minimum atomic E-state index is -4.44. The van der Waals surface area contributed by atoms with Crippen LogP contribution in [0.15, 0.2) is 45.6 Å². The zero-order valence-electron chi connectivity index (χ0n) is 13.4. The van der Waals surface area contributed by atoms with Crippen LogP contribution >= 0.6 is 0 Å². The van der Waals surface area contributed by atoms with Crippen LogP contribution in [0, 0.1) is 25.2 Å². The van der Waals surface area contributed by atoms with Crippen molar-refractivity contribution in [3.05, 3.63) is 68.9 Å². The zero-order valence-corrected chi connectivity index (χ0v) is 13.4. The molecule has 0 aliphatic rings. The first-order valence-corrected chi connectivity index (χ1v) is 7.38. The van der Waals surface area contributed by atoms with E-state index >= 15 is 0 Å². The number of nitrogens with zero attached hydrogens (tertiary/aromatic N) is 1. The largest absolute Gasteiger partial charge is 0.454 e. The molecule has 0 saturated carbocycles. The molecule has 0 bridgehead atoms. The number of hydrogen-bond acceptors (Lipinski definition) is 3. The van der Waals surface area contributed by atoms with E-state index in [4.69, 9.17) is 4.42 Å². The maximum Gasteiger partial charge on any atom is 0.416 e. The summed E-state index contributed by atoms with van der Waals surface area (Å²) >= 11 is 0. The summed E-state index contributed by atoms with van der Waals surface area (Å²) in [6.07, 6.45) is -4.44. The third-order valence-corrected chi connectivity index (χ3v) is 4.15. The van der Waals surface area contributed by atoms with Crippen molar-refractivity contribution in [3.8, 4) is 17.4 Å². The second-order valence-corrected chi connectivity index (χ2v) is 5.73. The summed E-state index contributed by atoms with van der Waals surface area (Å²) in [5.41, 5.74) is 1.07. The van der Waals surface area contributed by atoms with Gasteiger partial charge in [0.1, 0.15) is 11.8 Å². The number of hydrogen-bond donors (Lipinski definition) is 0. The fraction of sp³-hybridized carbons (Fsp3) is 0.158. The van der Waals surface area contributed by atoms with Crippen LogP contribution in [0.1, 0.15) is 22.3 Å². The van der Waals surface area contributed by atoms with Gasteiger partial charge in [-0.3, -0.25) is 4.79 Å². The number of aryl methyl sites for hydroxylation is 1. The molecule has 6 heteroatoms. The Bertz CT molecular complexity index is 1070. The Kier molecular flexibility index (Phi) is 3.88. The molecule has 1 heterocycles. The Hall–Kier alpha value is -3.07. The average Bonchev–Trinajstić information content (AvgIpc) is 2.56. The summed E-state index contributed by atoms with van der Waals surface area (Å²) in [4.78, 5) is 12.4. The van der Waals surface area contributed by atoms with Gasteiger partial charge in [-0.25, -0.2) is 0 Å². The molecule has 3 nitrogen and oxygen atoms in total. The molecule has 0 aliphatic carbocycles. The van der Waals surface area contributed by atoms with Gasteiger partial charge < -0.3 is 4.42 Å². The van der Waals surface area contributed by atoms with E-state index in [2.05, 4.69) is 0 Å². The van der Waals surface area contributed by atoms with Crippen LogP contribution < -0.4 is 5.43 Å². The summed E-state index contributed by atoms with van der Waals surface area (Å²) in [7, 11) is 0. The molecule has 126 valence electrons. The Balaban J connectivity index is 2.24. The molecule has 0 spiro atoms. The Labute approximate surface area is 140 Å². The van der Waals surface area contributed by atoms with Crippen LogP contribution in [0.5, 0.6) is 0 Å². The lowest BCUT2D eigenvalue weighted by atomic mass is 10.00. The van der Waals surface area contributed by atoms with Crippen molar-refractivity contribution >= 4 is 11.0 Å². The molecule has 0 fully saturated rings. The van der Waals surface area contributed by atoms with Gasteiger partial charge in [-0.05, 0) is 43.2 Å². The van der Waals surface area contributed by atoms with Gasteiger partial charge in [0, 0.05) is 11.6 Å². The number of nitriles is 1. The van der Waals surface area contributed by atoms with Gasteiger partial charge in [0.15, 0.2) is 11.0 Å². The Morgan fingerprint density at radius 3 is 2.28 bits per heavy atom. The molecule has 0 atom stereocenters. The molecule has 0 radical (unpaired) electrons. The third-order valence-electron chi connectivity index (χ3n) is 4.15. The summed E-state index contributed by atoms with van der Waals surface area (Å²) in [5.74, 6) is 0.117. The van der Waals surface area contributed by atoms with E-state index in [1.54, 1.807) is 19.9 Å². The lowest BCUT2D eigenvalue weighted by Gasteiger charge is -2.10. The molecule has 3 aromatic rings. The fourth-order valence-corrected chi connectivity index (χ4v) is 2.62. The van der Waals surface area contributed by atoms with Crippen molar-refractivity contribution in [1.82, 2.24) is 0 Å². The number of alkyl halides is 3. The van der Waals surface area contributed by atoms with Gasteiger partial charge in [-0.15, -0.1) is 0 Å². The first kappa shape index (κ1) is 16.8. The van der Waals surface area contributed by atoms with Crippen molar-refractivity contribution in [3.63, 3.8) is 0 Å². The van der Waals surface area contributed by atoms with Crippen molar-refractivity contribution in [1.29, 1.82) is 5.26 Å². The van der Waals surface area contributed by atoms with Crippen LogP contribution in [-0.4, -0.2) is 0 Å². The van der Waals surface area contributed by atoms with Crippen LogP contribution in [0.2, 0.25) is 0 Å². The minimum absolute atomic E-state index is 0.117. The zero-order chi connectivity index (χ0) is 18.4. The maximum absolute atomic E-state index is 12.7. The number of rotatable bonds is 1. The molecular formula is C19H12F3NO2. The van der Waals surface area contributed by atoms with Gasteiger partial charge in [0.2, 0.25) is 0 Å². The van der Waals surface area contributed by atoms with E-state index in [0.717, 1.165) is 17.7 Å². The highest BCUT2D eigenvalue weighted by molar-refractivity contribution is 5.86. The van der Waals surface area contributed by atoms with Crippen molar-refractivity contribution in [2.75, 3.05) is 0 Å². The van der Waals surface area contributed by atoms with Gasteiger partial charge in [0.25, 0.3) is 0 Å². The first-order valence-electron chi connectivity index (χ1n) is 7.38. The molecule has 0 aliphatic heterocycles. The number of benzene rings is 2. The molecule has 0 saturated heterocycles. The predicted molar refractivity (Wildman–Crippen MR) is 87.1 cm³/mol. The fourth-order valence-electron chi connectivity index (χ4n) is 2.62. The van der Waals surface area contributed by atoms with Crippen LogP contribution in [-0.2, 0) is 6.18 Å². The Morgan fingerprint density at radius 1 is 1.08 bits per heavy atom. The number of fused-ring (bicyclic) bond motifs is 1. The highest BCUT2D eigenvalue weighted by Gasteiger charge is 2.30. The summed E-state index contributed by atoms with van der Waals surface area (Å²) < 4.78 is 43.7. The Morgan fingerprint density at radius 2 is 1.72 bits per heavy atom. The summed E-state index contributed by atoms with van der Waals surface area (Å²) in [6, 6.07) is 9.22. The molecule has 0 N–H and O–H groups in total. The quantitative estimate of drug-likeness (QED) is 0.627. The SMILES string of the molecule is Cc1cc2c(=O)cc(-c3ccc(C(F)(F)F)cc3)oc2c(C#N)c1C. The van der Waals surface area contributed by atoms with E-state index in [9.17, 15) is 23.2 Å². The third kappa shape index (κ3) is 2.89. The molecular weight excluding hydrogens is 331 g/mol. The molecule has 0 unspecified atom stereocenters. The highest BCUT2D eigenvalue weighted by atomic mass is 19.4. The van der Waals surface area contributed by atoms with Gasteiger partial charge in [0.05, 0.1) is 16.5 Å². The first-order chi connectivity index (χ1) is 11.7. The normalized spacial score (nSPS) is 11.5. The monoisotopic (exact) mass is 343 g/mol. The van der Waals surface area contributed by atoms with Gasteiger partial charge >= 0.3 is 6.18 Å². The molecule has 3 rings (SSSR count). The van der Waals surface area contributed by atoms with E-state index in [0.29, 0.717) is 11.1 Å². The lowest BCUT2D eigenvalue weighted by Crippen LogP contribution is -2.05. The van der Waals surface area contributed by atoms with Crippen LogP contribution in [0.4, 0.5) is 13.2 Å². The van der Waals surface area contributed by atoms with E-state index < -0.39 is 11.7 Å². The highest BCUT2D eigenvalue weighted by Crippen LogP contribution is 2.32. The predicted octanol–water partition coefficient (Wildman–Crippen LogP) is 4.97. The number of halogens is 3. The smallest absolute Gasteiger partial charge is 0.416 e. The lowest BCUT2D eigenvalue weighted by molar-refractivity contribution is -0.137. The topological polar surface area (TPSA) is 54.0 Å². The van der Waals surface area contributed by atoms with Crippen LogP contribution in [0.25, 0.3) is 22.3 Å². The van der Waals surface area contributed by atoms with E-state index in [1.165, 1.54) is 18.2 Å². The molecule has 1 aromatic heterocycles. The average molecular weight is 343 g/mol. The standard InChI is InChI=1S/C19H12F3NO2/c1-10-7-14-16(24)8-17(25-18(14)15(9-23)11(10)2)12-3-5-13(6-4-12)19(20,21)22/h3-8H,1-2H3. The van der Waals surface area contributed by atoms with E-state index in [1.807, 2.05) is 6.07 Å². The molecule has 0 amide bonds. The second-order valence-electron chi connectivity index (χ2n) is 5.73. The van der Waals surface area contributed by atoms with Crippen molar-refractivity contribution in [2.45, 2.75) is 20.0 Å². The minimum Gasteiger partial charge on any atom is -0.454 e. The summed E-state index contributed by atoms with van der Waals surface area (Å²) in [6.45, 7) is 3.54. The van der Waals surface area contributed by atoms with Crippen molar-refractivity contribution in [2.24, 2.45) is 0 Å². The second kappa shape index (κ2) is 5.78. The molecule has 25 heavy (non-hydrogen) atoms. The maximum atomic E-state index is 12.7. The van der Waals surface area contributed by atoms with E-state index in [-0.39, 0.29) is 27.7 Å². The molecule has 2 aromatic carbocycles.